The molecule has 1 atom stereocenters. The summed E-state index contributed by atoms with van der Waals surface area (Å²) in [6.07, 6.45) is 2.05. The van der Waals surface area contributed by atoms with Crippen molar-refractivity contribution in [1.82, 2.24) is 9.88 Å². The fraction of sp³-hybridized carbons (Fsp3) is 0.412. The quantitative estimate of drug-likeness (QED) is 0.841. The van der Waals surface area contributed by atoms with Gasteiger partial charge in [0.25, 0.3) is 5.91 Å². The second-order valence-electron chi connectivity index (χ2n) is 5.79. The third kappa shape index (κ3) is 3.04. The molecule has 2 aromatic rings. The van der Waals surface area contributed by atoms with Crippen molar-refractivity contribution < 1.29 is 9.18 Å². The van der Waals surface area contributed by atoms with Gasteiger partial charge >= 0.3 is 0 Å². The molecule has 1 aliphatic heterocycles. The minimum absolute atomic E-state index is 0.0188. The molecule has 5 heteroatoms. The van der Waals surface area contributed by atoms with Crippen molar-refractivity contribution in [2.24, 2.45) is 0 Å². The minimum Gasteiger partial charge on any atom is -0.338 e. The normalized spacial score (nSPS) is 18.5. The summed E-state index contributed by atoms with van der Waals surface area (Å²) in [6, 6.07) is 5.78. The highest BCUT2D eigenvalue weighted by Gasteiger charge is 2.27. The number of thiazole rings is 1. The summed E-state index contributed by atoms with van der Waals surface area (Å²) >= 11 is 1.73. The van der Waals surface area contributed by atoms with Gasteiger partial charge < -0.3 is 4.90 Å². The maximum atomic E-state index is 13.0. The highest BCUT2D eigenvalue weighted by molar-refractivity contribution is 7.11. The van der Waals surface area contributed by atoms with Gasteiger partial charge in [0.2, 0.25) is 0 Å². The van der Waals surface area contributed by atoms with E-state index in [0.717, 1.165) is 30.1 Å². The Morgan fingerprint density at radius 2 is 2.05 bits per heavy atom. The molecule has 0 spiro atoms. The monoisotopic (exact) mass is 318 g/mol. The van der Waals surface area contributed by atoms with Gasteiger partial charge in [-0.3, -0.25) is 4.79 Å². The summed E-state index contributed by atoms with van der Waals surface area (Å²) in [5.74, 6) is -0.0212. The number of amides is 1. The van der Waals surface area contributed by atoms with Gasteiger partial charge in [-0.1, -0.05) is 0 Å². The average Bonchev–Trinajstić information content (AvgIpc) is 2.87. The van der Waals surface area contributed by atoms with Gasteiger partial charge in [0.15, 0.2) is 0 Å². The number of aryl methyl sites for hydroxylation is 2. The first-order valence-corrected chi connectivity index (χ1v) is 8.35. The summed E-state index contributed by atoms with van der Waals surface area (Å²) in [5.41, 5.74) is 1.63. The second-order valence-corrected chi connectivity index (χ2v) is 7.03. The number of nitrogens with zero attached hydrogens (tertiary/aromatic N) is 2. The molecule has 22 heavy (non-hydrogen) atoms. The average molecular weight is 318 g/mol. The molecule has 0 saturated carbocycles. The Balaban J connectivity index is 1.75. The van der Waals surface area contributed by atoms with E-state index in [-0.39, 0.29) is 11.7 Å². The van der Waals surface area contributed by atoms with E-state index in [1.54, 1.807) is 23.5 Å². The SMILES string of the molecule is Cc1nc(C2CCCN(C(=O)c3ccc(F)cc3)C2)sc1C. The Kier molecular flexibility index (Phi) is 4.25. The number of aromatic nitrogens is 1. The van der Waals surface area contributed by atoms with E-state index in [1.165, 1.54) is 17.0 Å². The fourth-order valence-electron chi connectivity index (χ4n) is 2.81. The van der Waals surface area contributed by atoms with Crippen LogP contribution in [0.2, 0.25) is 0 Å². The standard InChI is InChI=1S/C17H19FN2OS/c1-11-12(2)22-16(19-11)14-4-3-9-20(10-14)17(21)13-5-7-15(18)8-6-13/h5-8,14H,3-4,9-10H2,1-2H3. The molecule has 116 valence electrons. The summed E-state index contributed by atoms with van der Waals surface area (Å²) < 4.78 is 13.0. The van der Waals surface area contributed by atoms with Gasteiger partial charge in [0, 0.05) is 29.4 Å². The van der Waals surface area contributed by atoms with Crippen LogP contribution in [0, 0.1) is 19.7 Å². The van der Waals surface area contributed by atoms with Gasteiger partial charge in [-0.2, -0.15) is 0 Å². The molecule has 1 aromatic carbocycles. The lowest BCUT2D eigenvalue weighted by molar-refractivity contribution is 0.0707. The predicted octanol–water partition coefficient (Wildman–Crippen LogP) is 3.92. The number of halogens is 1. The number of carbonyl (C=O) groups excluding carboxylic acids is 1. The summed E-state index contributed by atoms with van der Waals surface area (Å²) in [7, 11) is 0. The summed E-state index contributed by atoms with van der Waals surface area (Å²) in [5, 5.41) is 1.13. The van der Waals surface area contributed by atoms with Crippen molar-refractivity contribution in [2.45, 2.75) is 32.6 Å². The van der Waals surface area contributed by atoms with E-state index < -0.39 is 0 Å². The summed E-state index contributed by atoms with van der Waals surface area (Å²) in [6.45, 7) is 5.57. The molecule has 0 bridgehead atoms. The maximum Gasteiger partial charge on any atom is 0.253 e. The van der Waals surface area contributed by atoms with Crippen LogP contribution in [0.15, 0.2) is 24.3 Å². The molecular weight excluding hydrogens is 299 g/mol. The zero-order valence-electron chi connectivity index (χ0n) is 12.8. The van der Waals surface area contributed by atoms with Crippen molar-refractivity contribution in [1.29, 1.82) is 0 Å². The Hall–Kier alpha value is -1.75. The van der Waals surface area contributed by atoms with Gasteiger partial charge in [-0.25, -0.2) is 9.37 Å². The van der Waals surface area contributed by atoms with Gasteiger partial charge in [0.05, 0.1) is 10.7 Å². The van der Waals surface area contributed by atoms with Crippen LogP contribution in [0.3, 0.4) is 0 Å². The van der Waals surface area contributed by atoms with Crippen LogP contribution in [-0.4, -0.2) is 28.9 Å². The van der Waals surface area contributed by atoms with E-state index in [0.29, 0.717) is 18.0 Å². The lowest BCUT2D eigenvalue weighted by Gasteiger charge is -2.32. The fourth-order valence-corrected chi connectivity index (χ4v) is 3.86. The van der Waals surface area contributed by atoms with Crippen molar-refractivity contribution in [2.75, 3.05) is 13.1 Å². The van der Waals surface area contributed by atoms with Crippen molar-refractivity contribution >= 4 is 17.2 Å². The van der Waals surface area contributed by atoms with Crippen LogP contribution in [0.25, 0.3) is 0 Å². The zero-order chi connectivity index (χ0) is 15.7. The Morgan fingerprint density at radius 1 is 1.32 bits per heavy atom. The van der Waals surface area contributed by atoms with Gasteiger partial charge in [-0.15, -0.1) is 11.3 Å². The van der Waals surface area contributed by atoms with Crippen LogP contribution in [-0.2, 0) is 0 Å². The van der Waals surface area contributed by atoms with Crippen LogP contribution in [0.1, 0.15) is 44.7 Å². The molecule has 1 aromatic heterocycles. The largest absolute Gasteiger partial charge is 0.338 e. The highest BCUT2D eigenvalue weighted by Crippen LogP contribution is 2.31. The van der Waals surface area contributed by atoms with Gasteiger partial charge in [0.1, 0.15) is 5.82 Å². The first-order chi connectivity index (χ1) is 10.5. The smallest absolute Gasteiger partial charge is 0.253 e. The van der Waals surface area contributed by atoms with Crippen LogP contribution < -0.4 is 0 Å². The third-order valence-electron chi connectivity index (χ3n) is 4.19. The summed E-state index contributed by atoms with van der Waals surface area (Å²) in [4.78, 5) is 20.3. The van der Waals surface area contributed by atoms with Crippen molar-refractivity contribution in [3.63, 3.8) is 0 Å². The molecule has 1 fully saturated rings. The molecule has 1 aliphatic rings. The second kappa shape index (κ2) is 6.16. The predicted molar refractivity (Wildman–Crippen MR) is 85.9 cm³/mol. The van der Waals surface area contributed by atoms with Crippen LogP contribution in [0.4, 0.5) is 4.39 Å². The van der Waals surface area contributed by atoms with E-state index >= 15 is 0 Å². The molecule has 3 nitrogen and oxygen atoms in total. The number of hydrogen-bond acceptors (Lipinski definition) is 3. The number of carbonyl (C=O) groups is 1. The van der Waals surface area contributed by atoms with E-state index in [4.69, 9.17) is 0 Å². The molecule has 1 saturated heterocycles. The lowest BCUT2D eigenvalue weighted by atomic mass is 9.98. The van der Waals surface area contributed by atoms with E-state index in [2.05, 4.69) is 11.9 Å². The molecule has 0 radical (unpaired) electrons. The molecule has 2 heterocycles. The Morgan fingerprint density at radius 3 is 2.68 bits per heavy atom. The topological polar surface area (TPSA) is 33.2 Å². The van der Waals surface area contributed by atoms with E-state index in [9.17, 15) is 9.18 Å². The van der Waals surface area contributed by atoms with Crippen molar-refractivity contribution in [3.8, 4) is 0 Å². The highest BCUT2D eigenvalue weighted by atomic mass is 32.1. The van der Waals surface area contributed by atoms with Crippen LogP contribution >= 0.6 is 11.3 Å². The first-order valence-electron chi connectivity index (χ1n) is 7.53. The minimum atomic E-state index is -0.318. The molecular formula is C17H19FN2OS. The first kappa shape index (κ1) is 15.2. The Labute approximate surface area is 133 Å². The Bertz CT molecular complexity index is 661. The van der Waals surface area contributed by atoms with Crippen LogP contribution in [0.5, 0.6) is 0 Å². The number of hydrogen-bond donors (Lipinski definition) is 0. The molecule has 0 N–H and O–H groups in total. The van der Waals surface area contributed by atoms with E-state index in [1.807, 2.05) is 11.8 Å². The number of likely N-dealkylation sites (tertiary alicyclic amines) is 1. The number of rotatable bonds is 2. The zero-order valence-corrected chi connectivity index (χ0v) is 13.6. The maximum absolute atomic E-state index is 13.0. The number of benzene rings is 1. The number of piperidine rings is 1. The van der Waals surface area contributed by atoms with Crippen molar-refractivity contribution in [3.05, 3.63) is 51.2 Å². The molecule has 3 rings (SSSR count). The molecule has 0 aliphatic carbocycles. The molecule has 1 amide bonds. The third-order valence-corrected chi connectivity index (χ3v) is 5.43. The lowest BCUT2D eigenvalue weighted by Crippen LogP contribution is -2.39. The molecule has 1 unspecified atom stereocenters. The van der Waals surface area contributed by atoms with Gasteiger partial charge in [-0.05, 0) is 51.0 Å².